The SMILES string of the molecule is CCCC(=O)NC(Cc1ccc(OCc2ccccc2)cc1)C(=O)O. The Hall–Kier alpha value is -2.82. The molecule has 0 aliphatic heterocycles. The first-order valence-electron chi connectivity index (χ1n) is 8.36. The highest BCUT2D eigenvalue weighted by molar-refractivity contribution is 5.83. The van der Waals surface area contributed by atoms with Crippen molar-refractivity contribution >= 4 is 11.9 Å². The molecule has 0 aliphatic carbocycles. The van der Waals surface area contributed by atoms with Gasteiger partial charge in [0.15, 0.2) is 0 Å². The van der Waals surface area contributed by atoms with Gasteiger partial charge in [0.2, 0.25) is 5.91 Å². The molecule has 1 amide bonds. The smallest absolute Gasteiger partial charge is 0.326 e. The molecule has 2 aromatic carbocycles. The van der Waals surface area contributed by atoms with E-state index in [2.05, 4.69) is 5.32 Å². The molecule has 2 rings (SSSR count). The molecule has 0 fully saturated rings. The van der Waals surface area contributed by atoms with Crippen LogP contribution in [0, 0.1) is 0 Å². The minimum Gasteiger partial charge on any atom is -0.489 e. The normalized spacial score (nSPS) is 11.6. The maximum absolute atomic E-state index is 11.6. The van der Waals surface area contributed by atoms with Crippen molar-refractivity contribution < 1.29 is 19.4 Å². The molecule has 2 N–H and O–H groups in total. The number of nitrogens with one attached hydrogen (secondary N) is 1. The Labute approximate surface area is 147 Å². The number of rotatable bonds is 9. The first-order chi connectivity index (χ1) is 12.1. The van der Waals surface area contributed by atoms with E-state index in [1.165, 1.54) is 0 Å². The maximum atomic E-state index is 11.6. The van der Waals surface area contributed by atoms with Crippen molar-refractivity contribution in [1.82, 2.24) is 5.32 Å². The number of hydrogen-bond donors (Lipinski definition) is 2. The molecule has 1 atom stereocenters. The van der Waals surface area contributed by atoms with E-state index in [1.54, 1.807) is 0 Å². The summed E-state index contributed by atoms with van der Waals surface area (Å²) >= 11 is 0. The van der Waals surface area contributed by atoms with Crippen molar-refractivity contribution in [1.29, 1.82) is 0 Å². The highest BCUT2D eigenvalue weighted by atomic mass is 16.5. The van der Waals surface area contributed by atoms with Gasteiger partial charge in [-0.25, -0.2) is 4.79 Å². The van der Waals surface area contributed by atoms with Gasteiger partial charge in [-0.15, -0.1) is 0 Å². The van der Waals surface area contributed by atoms with Crippen LogP contribution in [-0.4, -0.2) is 23.0 Å². The zero-order valence-electron chi connectivity index (χ0n) is 14.3. The van der Waals surface area contributed by atoms with Crippen molar-refractivity contribution in [2.75, 3.05) is 0 Å². The maximum Gasteiger partial charge on any atom is 0.326 e. The van der Waals surface area contributed by atoms with E-state index in [-0.39, 0.29) is 12.3 Å². The molecule has 0 aliphatic rings. The van der Waals surface area contributed by atoms with Crippen LogP contribution in [0.2, 0.25) is 0 Å². The van der Waals surface area contributed by atoms with Crippen LogP contribution in [0.4, 0.5) is 0 Å². The lowest BCUT2D eigenvalue weighted by Crippen LogP contribution is -2.42. The highest BCUT2D eigenvalue weighted by Crippen LogP contribution is 2.15. The van der Waals surface area contributed by atoms with E-state index in [9.17, 15) is 14.7 Å². The Balaban J connectivity index is 1.91. The molecule has 132 valence electrons. The molecule has 0 saturated heterocycles. The van der Waals surface area contributed by atoms with Gasteiger partial charge in [0.25, 0.3) is 0 Å². The molecular weight excluding hydrogens is 318 g/mol. The lowest BCUT2D eigenvalue weighted by molar-refractivity contribution is -0.141. The Morgan fingerprint density at radius 2 is 1.72 bits per heavy atom. The van der Waals surface area contributed by atoms with E-state index in [0.29, 0.717) is 19.4 Å². The first-order valence-corrected chi connectivity index (χ1v) is 8.36. The summed E-state index contributed by atoms with van der Waals surface area (Å²) < 4.78 is 5.71. The standard InChI is InChI=1S/C20H23NO4/c1-2-6-19(22)21-18(20(23)24)13-15-9-11-17(12-10-15)25-14-16-7-4-3-5-8-16/h3-5,7-12,18H,2,6,13-14H2,1H3,(H,21,22)(H,23,24). The van der Waals surface area contributed by atoms with Crippen LogP contribution in [0.5, 0.6) is 5.75 Å². The van der Waals surface area contributed by atoms with Crippen LogP contribution in [0.25, 0.3) is 0 Å². The quantitative estimate of drug-likeness (QED) is 0.734. The fraction of sp³-hybridized carbons (Fsp3) is 0.300. The van der Waals surface area contributed by atoms with Crippen LogP contribution in [0.1, 0.15) is 30.9 Å². The molecule has 25 heavy (non-hydrogen) atoms. The average molecular weight is 341 g/mol. The predicted molar refractivity (Wildman–Crippen MR) is 95.4 cm³/mol. The van der Waals surface area contributed by atoms with Gasteiger partial charge in [0.1, 0.15) is 18.4 Å². The Bertz CT molecular complexity index is 683. The van der Waals surface area contributed by atoms with Gasteiger partial charge < -0.3 is 15.2 Å². The number of hydrogen-bond acceptors (Lipinski definition) is 3. The van der Waals surface area contributed by atoms with Crippen molar-refractivity contribution in [3.63, 3.8) is 0 Å². The summed E-state index contributed by atoms with van der Waals surface area (Å²) in [7, 11) is 0. The zero-order valence-corrected chi connectivity index (χ0v) is 14.3. The van der Waals surface area contributed by atoms with Crippen LogP contribution in [0.3, 0.4) is 0 Å². The third-order valence-corrected chi connectivity index (χ3v) is 3.72. The molecule has 5 nitrogen and oxygen atoms in total. The predicted octanol–water partition coefficient (Wildman–Crippen LogP) is 3.18. The second-order valence-corrected chi connectivity index (χ2v) is 5.83. The Morgan fingerprint density at radius 1 is 1.04 bits per heavy atom. The lowest BCUT2D eigenvalue weighted by atomic mass is 10.1. The minimum absolute atomic E-state index is 0.238. The summed E-state index contributed by atoms with van der Waals surface area (Å²) in [6.07, 6.45) is 1.26. The molecule has 1 unspecified atom stereocenters. The molecule has 0 spiro atoms. The second-order valence-electron chi connectivity index (χ2n) is 5.83. The zero-order chi connectivity index (χ0) is 18.1. The van der Waals surface area contributed by atoms with E-state index in [4.69, 9.17) is 4.74 Å². The van der Waals surface area contributed by atoms with Crippen LogP contribution in [0.15, 0.2) is 54.6 Å². The van der Waals surface area contributed by atoms with Crippen molar-refractivity contribution in [2.24, 2.45) is 0 Å². The number of carbonyl (C=O) groups is 2. The molecule has 0 bridgehead atoms. The molecule has 0 saturated carbocycles. The number of amides is 1. The van der Waals surface area contributed by atoms with Gasteiger partial charge in [-0.2, -0.15) is 0 Å². The first kappa shape index (κ1) is 18.5. The number of ether oxygens (including phenoxy) is 1. The van der Waals surface area contributed by atoms with Crippen LogP contribution >= 0.6 is 0 Å². The van der Waals surface area contributed by atoms with Crippen molar-refractivity contribution in [3.8, 4) is 5.75 Å². The molecule has 0 radical (unpaired) electrons. The number of benzene rings is 2. The molecule has 5 heteroatoms. The number of carboxylic acid groups (broad SMARTS) is 1. The summed E-state index contributed by atoms with van der Waals surface area (Å²) in [5.74, 6) is -0.555. The summed E-state index contributed by atoms with van der Waals surface area (Å²) in [5, 5.41) is 11.8. The highest BCUT2D eigenvalue weighted by Gasteiger charge is 2.19. The summed E-state index contributed by atoms with van der Waals surface area (Å²) in [6.45, 7) is 2.36. The van der Waals surface area contributed by atoms with Crippen molar-refractivity contribution in [3.05, 3.63) is 65.7 Å². The molecule has 0 heterocycles. The fourth-order valence-corrected chi connectivity index (χ4v) is 2.39. The molecule has 0 aromatic heterocycles. The van der Waals surface area contributed by atoms with E-state index < -0.39 is 12.0 Å². The van der Waals surface area contributed by atoms with Gasteiger partial charge in [-0.1, -0.05) is 49.4 Å². The van der Waals surface area contributed by atoms with E-state index in [0.717, 1.165) is 16.9 Å². The number of aliphatic carboxylic acids is 1. The van der Waals surface area contributed by atoms with Gasteiger partial charge in [-0.05, 0) is 29.7 Å². The van der Waals surface area contributed by atoms with Gasteiger partial charge >= 0.3 is 5.97 Å². The Morgan fingerprint density at radius 3 is 2.32 bits per heavy atom. The molecular formula is C20H23NO4. The van der Waals surface area contributed by atoms with Gasteiger partial charge in [-0.3, -0.25) is 4.79 Å². The largest absolute Gasteiger partial charge is 0.489 e. The van der Waals surface area contributed by atoms with Crippen LogP contribution in [-0.2, 0) is 22.6 Å². The topological polar surface area (TPSA) is 75.6 Å². The minimum atomic E-state index is -1.03. The average Bonchev–Trinajstić information content (AvgIpc) is 2.61. The van der Waals surface area contributed by atoms with E-state index in [1.807, 2.05) is 61.5 Å². The number of carboxylic acids is 1. The summed E-state index contributed by atoms with van der Waals surface area (Å²) in [5.41, 5.74) is 1.91. The van der Waals surface area contributed by atoms with Crippen LogP contribution < -0.4 is 10.1 Å². The third-order valence-electron chi connectivity index (χ3n) is 3.72. The van der Waals surface area contributed by atoms with Crippen molar-refractivity contribution in [2.45, 2.75) is 38.8 Å². The Kier molecular flexibility index (Phi) is 7.01. The van der Waals surface area contributed by atoms with Gasteiger partial charge in [0, 0.05) is 12.8 Å². The summed E-state index contributed by atoms with van der Waals surface area (Å²) in [6, 6.07) is 16.2. The van der Waals surface area contributed by atoms with E-state index >= 15 is 0 Å². The molecule has 2 aromatic rings. The van der Waals surface area contributed by atoms with Gasteiger partial charge in [0.05, 0.1) is 0 Å². The third kappa shape index (κ3) is 6.30. The monoisotopic (exact) mass is 341 g/mol. The second kappa shape index (κ2) is 9.47. The lowest BCUT2D eigenvalue weighted by Gasteiger charge is -2.15. The number of carbonyl (C=O) groups excluding carboxylic acids is 1. The summed E-state index contributed by atoms with van der Waals surface area (Å²) in [4.78, 5) is 23.0. The fourth-order valence-electron chi connectivity index (χ4n) is 2.39.